The normalized spacial score (nSPS) is 24.2. The van der Waals surface area contributed by atoms with E-state index < -0.39 is 0 Å². The summed E-state index contributed by atoms with van der Waals surface area (Å²) in [7, 11) is 0. The van der Waals surface area contributed by atoms with Crippen molar-refractivity contribution < 1.29 is 4.79 Å². The third-order valence-corrected chi connectivity index (χ3v) is 5.22. The summed E-state index contributed by atoms with van der Waals surface area (Å²) >= 11 is 2.29. The van der Waals surface area contributed by atoms with Crippen LogP contribution in [0.5, 0.6) is 0 Å². The smallest absolute Gasteiger partial charge is 0.228 e. The SMILES string of the molecule is Cc1cc(I)ccc1NC(=O)C1CC12CCNCC2. The maximum Gasteiger partial charge on any atom is 0.228 e. The predicted molar refractivity (Wildman–Crippen MR) is 85.2 cm³/mol. The Hall–Kier alpha value is -0.620. The monoisotopic (exact) mass is 370 g/mol. The third kappa shape index (κ3) is 2.65. The fraction of sp³-hybridized carbons (Fsp3) is 0.533. The minimum atomic E-state index is 0.214. The molecule has 1 amide bonds. The highest BCUT2D eigenvalue weighted by Gasteiger charge is 2.57. The van der Waals surface area contributed by atoms with Crippen LogP contribution in [0.25, 0.3) is 0 Å². The van der Waals surface area contributed by atoms with E-state index in [1.807, 2.05) is 19.1 Å². The number of piperidine rings is 1. The first-order chi connectivity index (χ1) is 9.11. The highest BCUT2D eigenvalue weighted by atomic mass is 127. The van der Waals surface area contributed by atoms with Crippen LogP contribution in [-0.2, 0) is 4.79 Å². The molecule has 3 nitrogen and oxygen atoms in total. The quantitative estimate of drug-likeness (QED) is 0.787. The molecule has 0 radical (unpaired) electrons. The molecule has 1 aliphatic carbocycles. The molecule has 2 N–H and O–H groups in total. The van der Waals surface area contributed by atoms with Gasteiger partial charge in [0.05, 0.1) is 0 Å². The van der Waals surface area contributed by atoms with Crippen LogP contribution in [0.2, 0.25) is 0 Å². The standard InChI is InChI=1S/C15H19IN2O/c1-10-8-11(16)2-3-13(10)18-14(19)12-9-15(12)4-6-17-7-5-15/h2-3,8,12,17H,4-7,9H2,1H3,(H,18,19). The van der Waals surface area contributed by atoms with E-state index in [1.165, 1.54) is 3.57 Å². The molecule has 1 saturated carbocycles. The summed E-state index contributed by atoms with van der Waals surface area (Å²) in [4.78, 5) is 12.4. The zero-order valence-electron chi connectivity index (χ0n) is 11.1. The number of rotatable bonds is 2. The Bertz CT molecular complexity index is 509. The van der Waals surface area contributed by atoms with E-state index in [0.29, 0.717) is 5.41 Å². The van der Waals surface area contributed by atoms with Gasteiger partial charge in [0.25, 0.3) is 0 Å². The molecule has 0 bridgehead atoms. The maximum absolute atomic E-state index is 12.4. The van der Waals surface area contributed by atoms with Gasteiger partial charge in [-0.3, -0.25) is 4.79 Å². The molecule has 1 aromatic rings. The Morgan fingerprint density at radius 1 is 1.42 bits per heavy atom. The maximum atomic E-state index is 12.4. The summed E-state index contributed by atoms with van der Waals surface area (Å²) in [6, 6.07) is 6.15. The molecule has 0 aromatic heterocycles. The molecule has 2 fully saturated rings. The summed E-state index contributed by atoms with van der Waals surface area (Å²) in [6.07, 6.45) is 3.37. The van der Waals surface area contributed by atoms with Gasteiger partial charge in [-0.25, -0.2) is 0 Å². The second-order valence-electron chi connectivity index (χ2n) is 5.82. The molecule has 2 aliphatic rings. The van der Waals surface area contributed by atoms with Crippen LogP contribution < -0.4 is 10.6 Å². The van der Waals surface area contributed by atoms with E-state index in [0.717, 1.165) is 43.6 Å². The van der Waals surface area contributed by atoms with Crippen molar-refractivity contribution in [2.24, 2.45) is 11.3 Å². The number of carbonyl (C=O) groups is 1. The first-order valence-electron chi connectivity index (χ1n) is 6.88. The molecular formula is C15H19IN2O. The molecule has 1 aliphatic heterocycles. The fourth-order valence-corrected chi connectivity index (χ4v) is 3.83. The van der Waals surface area contributed by atoms with Crippen molar-refractivity contribution in [1.82, 2.24) is 5.32 Å². The molecule has 1 atom stereocenters. The lowest BCUT2D eigenvalue weighted by Gasteiger charge is -2.23. The lowest BCUT2D eigenvalue weighted by atomic mass is 9.91. The number of anilines is 1. The van der Waals surface area contributed by atoms with Gasteiger partial charge in [0.15, 0.2) is 0 Å². The average Bonchev–Trinajstić information content (AvgIpc) is 3.07. The highest BCUT2D eigenvalue weighted by molar-refractivity contribution is 14.1. The first kappa shape index (κ1) is 13.4. The second kappa shape index (κ2) is 5.05. The van der Waals surface area contributed by atoms with E-state index in [9.17, 15) is 4.79 Å². The van der Waals surface area contributed by atoms with E-state index in [-0.39, 0.29) is 11.8 Å². The number of hydrogen-bond donors (Lipinski definition) is 2. The van der Waals surface area contributed by atoms with Crippen LogP contribution in [0, 0.1) is 21.8 Å². The Labute approximate surface area is 127 Å². The van der Waals surface area contributed by atoms with E-state index >= 15 is 0 Å². The van der Waals surface area contributed by atoms with E-state index in [4.69, 9.17) is 0 Å². The van der Waals surface area contributed by atoms with Crippen LogP contribution in [-0.4, -0.2) is 19.0 Å². The van der Waals surface area contributed by atoms with Crippen molar-refractivity contribution in [3.63, 3.8) is 0 Å². The molecule has 1 unspecified atom stereocenters. The van der Waals surface area contributed by atoms with Crippen molar-refractivity contribution in [2.45, 2.75) is 26.2 Å². The number of aryl methyl sites for hydroxylation is 1. The van der Waals surface area contributed by atoms with Crippen molar-refractivity contribution in [1.29, 1.82) is 0 Å². The Kier molecular flexibility index (Phi) is 3.55. The number of carbonyl (C=O) groups excluding carboxylic acids is 1. The van der Waals surface area contributed by atoms with Crippen molar-refractivity contribution in [3.8, 4) is 0 Å². The number of hydrogen-bond acceptors (Lipinski definition) is 2. The molecule has 1 heterocycles. The molecule has 1 saturated heterocycles. The van der Waals surface area contributed by atoms with Crippen LogP contribution >= 0.6 is 22.6 Å². The van der Waals surface area contributed by atoms with Gasteiger partial charge in [0.2, 0.25) is 5.91 Å². The Morgan fingerprint density at radius 2 is 2.16 bits per heavy atom. The first-order valence-corrected chi connectivity index (χ1v) is 7.96. The molecule has 1 aromatic carbocycles. The summed E-state index contributed by atoms with van der Waals surface area (Å²) in [6.45, 7) is 4.17. The minimum Gasteiger partial charge on any atom is -0.326 e. The Balaban J connectivity index is 1.66. The number of amides is 1. The predicted octanol–water partition coefficient (Wildman–Crippen LogP) is 2.93. The van der Waals surface area contributed by atoms with Gasteiger partial charge in [0, 0.05) is 15.2 Å². The minimum absolute atomic E-state index is 0.214. The Morgan fingerprint density at radius 3 is 2.84 bits per heavy atom. The average molecular weight is 370 g/mol. The largest absolute Gasteiger partial charge is 0.326 e. The zero-order valence-corrected chi connectivity index (χ0v) is 13.3. The molecular weight excluding hydrogens is 351 g/mol. The lowest BCUT2D eigenvalue weighted by molar-refractivity contribution is -0.118. The molecule has 102 valence electrons. The van der Waals surface area contributed by atoms with Crippen LogP contribution in [0.4, 0.5) is 5.69 Å². The molecule has 3 rings (SSSR count). The summed E-state index contributed by atoms with van der Waals surface area (Å²) < 4.78 is 1.20. The second-order valence-corrected chi connectivity index (χ2v) is 7.06. The lowest BCUT2D eigenvalue weighted by Crippen LogP contribution is -2.31. The highest BCUT2D eigenvalue weighted by Crippen LogP contribution is 2.58. The topological polar surface area (TPSA) is 41.1 Å². The van der Waals surface area contributed by atoms with E-state index in [1.54, 1.807) is 0 Å². The van der Waals surface area contributed by atoms with Gasteiger partial charge in [-0.2, -0.15) is 0 Å². The molecule has 1 spiro atoms. The van der Waals surface area contributed by atoms with Gasteiger partial charge < -0.3 is 10.6 Å². The van der Waals surface area contributed by atoms with Crippen molar-refractivity contribution >= 4 is 34.2 Å². The fourth-order valence-electron chi connectivity index (χ4n) is 3.18. The van der Waals surface area contributed by atoms with Crippen molar-refractivity contribution in [2.75, 3.05) is 18.4 Å². The number of halogens is 1. The van der Waals surface area contributed by atoms with Gasteiger partial charge in [-0.15, -0.1) is 0 Å². The third-order valence-electron chi connectivity index (χ3n) is 4.55. The van der Waals surface area contributed by atoms with Gasteiger partial charge in [0.1, 0.15) is 0 Å². The molecule has 19 heavy (non-hydrogen) atoms. The van der Waals surface area contributed by atoms with Crippen LogP contribution in [0.15, 0.2) is 18.2 Å². The zero-order chi connectivity index (χ0) is 13.5. The van der Waals surface area contributed by atoms with Crippen molar-refractivity contribution in [3.05, 3.63) is 27.3 Å². The van der Waals surface area contributed by atoms with Crippen LogP contribution in [0.1, 0.15) is 24.8 Å². The van der Waals surface area contributed by atoms with E-state index in [2.05, 4.69) is 39.3 Å². The summed E-state index contributed by atoms with van der Waals surface area (Å²) in [5, 5.41) is 6.48. The molecule has 4 heteroatoms. The number of benzene rings is 1. The van der Waals surface area contributed by atoms with Gasteiger partial charge in [-0.1, -0.05) is 0 Å². The summed E-state index contributed by atoms with van der Waals surface area (Å²) in [5.74, 6) is 0.444. The van der Waals surface area contributed by atoms with Crippen LogP contribution in [0.3, 0.4) is 0 Å². The van der Waals surface area contributed by atoms with Gasteiger partial charge >= 0.3 is 0 Å². The number of nitrogens with one attached hydrogen (secondary N) is 2. The summed E-state index contributed by atoms with van der Waals surface area (Å²) in [5.41, 5.74) is 2.41. The van der Waals surface area contributed by atoms with Gasteiger partial charge in [-0.05, 0) is 91.0 Å².